The van der Waals surface area contributed by atoms with Crippen LogP contribution in [0.1, 0.15) is 19.3 Å². The summed E-state index contributed by atoms with van der Waals surface area (Å²) < 4.78 is 0. The number of thiazole rings is 1. The Balaban J connectivity index is 0.00000112. The number of nitrogens with one attached hydrogen (secondary N) is 2. The quantitative estimate of drug-likeness (QED) is 0.874. The minimum atomic E-state index is -0.0346. The number of amides is 1. The molecule has 1 fully saturated rings. The summed E-state index contributed by atoms with van der Waals surface area (Å²) in [5.74, 6) is 0.0413. The normalized spacial score (nSPS) is 20.4. The second kappa shape index (κ2) is 6.19. The van der Waals surface area contributed by atoms with E-state index in [2.05, 4.69) is 15.6 Å². The van der Waals surface area contributed by atoms with E-state index in [0.717, 1.165) is 19.4 Å². The summed E-state index contributed by atoms with van der Waals surface area (Å²) >= 11 is 1.44. The van der Waals surface area contributed by atoms with Gasteiger partial charge in [0.2, 0.25) is 5.91 Å². The first-order valence-electron chi connectivity index (χ1n) is 4.80. The molecule has 0 aliphatic carbocycles. The molecule has 1 aliphatic rings. The number of aromatic nitrogens is 1. The highest BCUT2D eigenvalue weighted by Crippen LogP contribution is 2.13. The van der Waals surface area contributed by atoms with Crippen molar-refractivity contribution in [3.8, 4) is 0 Å². The Labute approximate surface area is 103 Å². The summed E-state index contributed by atoms with van der Waals surface area (Å²) in [6.07, 6.45) is 4.91. The smallest absolute Gasteiger partial charge is 0.243 e. The van der Waals surface area contributed by atoms with Gasteiger partial charge in [-0.15, -0.1) is 28.3 Å². The lowest BCUT2D eigenvalue weighted by Gasteiger charge is -2.21. The Morgan fingerprint density at radius 2 is 2.47 bits per heavy atom. The summed E-state index contributed by atoms with van der Waals surface area (Å²) in [4.78, 5) is 15.7. The molecule has 2 heterocycles. The van der Waals surface area contributed by atoms with Gasteiger partial charge in [-0.1, -0.05) is 6.42 Å². The number of anilines is 1. The van der Waals surface area contributed by atoms with Gasteiger partial charge in [0.15, 0.2) is 5.13 Å². The van der Waals surface area contributed by atoms with Crippen LogP contribution in [0.2, 0.25) is 0 Å². The average molecular weight is 292 g/mol. The molecule has 0 bridgehead atoms. The van der Waals surface area contributed by atoms with Gasteiger partial charge < -0.3 is 10.6 Å². The third-order valence-corrected chi connectivity index (χ3v) is 2.98. The number of halogens is 1. The molecule has 1 aliphatic heterocycles. The largest absolute Gasteiger partial charge is 0.306 e. The van der Waals surface area contributed by atoms with Gasteiger partial charge in [0, 0.05) is 11.6 Å². The van der Waals surface area contributed by atoms with Gasteiger partial charge in [-0.25, -0.2) is 4.98 Å². The molecule has 1 saturated heterocycles. The van der Waals surface area contributed by atoms with Crippen LogP contribution in [-0.2, 0) is 4.79 Å². The van der Waals surface area contributed by atoms with Gasteiger partial charge in [-0.05, 0) is 19.4 Å². The average Bonchev–Trinajstić information content (AvgIpc) is 2.72. The monoisotopic (exact) mass is 291 g/mol. The zero-order chi connectivity index (χ0) is 9.80. The van der Waals surface area contributed by atoms with Crippen molar-refractivity contribution in [3.05, 3.63) is 11.6 Å². The Morgan fingerprint density at radius 3 is 3.07 bits per heavy atom. The summed E-state index contributed by atoms with van der Waals surface area (Å²) in [6.45, 7) is 0.940. The Hall–Kier alpha value is -0.460. The summed E-state index contributed by atoms with van der Waals surface area (Å²) in [6, 6.07) is -0.0346. The third kappa shape index (κ3) is 3.55. The first-order chi connectivity index (χ1) is 6.86. The van der Waals surface area contributed by atoms with Gasteiger partial charge in [0.05, 0.1) is 6.04 Å². The lowest BCUT2D eigenvalue weighted by molar-refractivity contribution is -0.118. The fourth-order valence-corrected chi connectivity index (χ4v) is 2.09. The van der Waals surface area contributed by atoms with Crippen molar-refractivity contribution < 1.29 is 4.79 Å². The van der Waals surface area contributed by atoms with Crippen molar-refractivity contribution >= 4 is 39.4 Å². The number of carbonyl (C=O) groups is 1. The van der Waals surface area contributed by atoms with Crippen LogP contribution in [0.5, 0.6) is 0 Å². The van der Waals surface area contributed by atoms with Crippen molar-refractivity contribution in [2.45, 2.75) is 25.3 Å². The van der Waals surface area contributed by atoms with Crippen LogP contribution in [0.3, 0.4) is 0 Å². The van der Waals surface area contributed by atoms with Crippen molar-refractivity contribution in [2.24, 2.45) is 0 Å². The number of hydrogen-bond donors (Lipinski definition) is 2. The van der Waals surface area contributed by atoms with E-state index in [1.54, 1.807) is 6.20 Å². The van der Waals surface area contributed by atoms with E-state index in [0.29, 0.717) is 5.13 Å². The number of rotatable bonds is 2. The second-order valence-electron chi connectivity index (χ2n) is 3.33. The fourth-order valence-electron chi connectivity index (χ4n) is 1.55. The maximum absolute atomic E-state index is 11.7. The van der Waals surface area contributed by atoms with E-state index in [4.69, 9.17) is 0 Å². The van der Waals surface area contributed by atoms with E-state index in [-0.39, 0.29) is 28.9 Å². The maximum Gasteiger partial charge on any atom is 0.243 e. The predicted molar refractivity (Wildman–Crippen MR) is 66.7 cm³/mol. The minimum absolute atomic E-state index is 0. The van der Waals surface area contributed by atoms with Crippen molar-refractivity contribution in [1.29, 1.82) is 0 Å². The number of hydrogen-bond acceptors (Lipinski definition) is 4. The van der Waals surface area contributed by atoms with Gasteiger partial charge in [-0.2, -0.15) is 0 Å². The zero-order valence-corrected chi connectivity index (χ0v) is 10.8. The lowest BCUT2D eigenvalue weighted by Crippen LogP contribution is -2.43. The van der Waals surface area contributed by atoms with Crippen LogP contribution in [0.15, 0.2) is 11.6 Å². The van der Waals surface area contributed by atoms with E-state index in [1.807, 2.05) is 5.38 Å². The van der Waals surface area contributed by atoms with Crippen LogP contribution in [0.25, 0.3) is 0 Å². The summed E-state index contributed by atoms with van der Waals surface area (Å²) in [7, 11) is 0. The van der Waals surface area contributed by atoms with Crippen LogP contribution in [-0.4, -0.2) is 23.5 Å². The highest BCUT2D eigenvalue weighted by Gasteiger charge is 2.20. The number of nitrogens with zero attached hydrogens (tertiary/aromatic N) is 1. The molecule has 0 radical (unpaired) electrons. The third-order valence-electron chi connectivity index (χ3n) is 2.29. The highest BCUT2D eigenvalue weighted by molar-refractivity contribution is 8.93. The van der Waals surface area contributed by atoms with Gasteiger partial charge in [0.1, 0.15) is 0 Å². The fraction of sp³-hybridized carbons (Fsp3) is 0.556. The Kier molecular flexibility index (Phi) is 5.21. The van der Waals surface area contributed by atoms with Gasteiger partial charge in [-0.3, -0.25) is 4.79 Å². The topological polar surface area (TPSA) is 54.0 Å². The van der Waals surface area contributed by atoms with E-state index in [9.17, 15) is 4.79 Å². The molecule has 1 atom stereocenters. The van der Waals surface area contributed by atoms with Gasteiger partial charge in [0.25, 0.3) is 0 Å². The Bertz CT molecular complexity index is 298. The lowest BCUT2D eigenvalue weighted by atomic mass is 10.0. The van der Waals surface area contributed by atoms with Crippen LogP contribution < -0.4 is 10.6 Å². The molecule has 2 rings (SSSR count). The molecule has 0 aromatic carbocycles. The first-order valence-corrected chi connectivity index (χ1v) is 5.68. The van der Waals surface area contributed by atoms with Gasteiger partial charge >= 0.3 is 0 Å². The molecule has 6 heteroatoms. The molecule has 1 amide bonds. The maximum atomic E-state index is 11.7. The molecule has 2 N–H and O–H groups in total. The molecule has 0 saturated carbocycles. The first kappa shape index (κ1) is 12.6. The van der Waals surface area contributed by atoms with Crippen molar-refractivity contribution in [1.82, 2.24) is 10.3 Å². The van der Waals surface area contributed by atoms with Crippen LogP contribution >= 0.6 is 28.3 Å². The van der Waals surface area contributed by atoms with E-state index < -0.39 is 0 Å². The summed E-state index contributed by atoms with van der Waals surface area (Å²) in [5, 5.41) is 8.53. The standard InChI is InChI=1S/C9H13N3OS.BrH/c13-8(7-3-1-2-4-10-7)12-9-11-5-6-14-9;/h5-7,10H,1-4H2,(H,11,12,13);1H. The number of piperidine rings is 1. The predicted octanol–water partition coefficient (Wildman–Crippen LogP) is 1.80. The highest BCUT2D eigenvalue weighted by atomic mass is 79.9. The second-order valence-corrected chi connectivity index (χ2v) is 4.22. The molecule has 4 nitrogen and oxygen atoms in total. The molecule has 84 valence electrons. The molecule has 15 heavy (non-hydrogen) atoms. The molecular weight excluding hydrogens is 278 g/mol. The van der Waals surface area contributed by atoms with Crippen molar-refractivity contribution in [2.75, 3.05) is 11.9 Å². The molecule has 1 unspecified atom stereocenters. The molecular formula is C9H14BrN3OS. The van der Waals surface area contributed by atoms with E-state index >= 15 is 0 Å². The van der Waals surface area contributed by atoms with Crippen LogP contribution in [0.4, 0.5) is 5.13 Å². The molecule has 1 aromatic rings. The molecule has 1 aromatic heterocycles. The Morgan fingerprint density at radius 1 is 1.60 bits per heavy atom. The summed E-state index contributed by atoms with van der Waals surface area (Å²) in [5.41, 5.74) is 0. The zero-order valence-electron chi connectivity index (χ0n) is 8.23. The minimum Gasteiger partial charge on any atom is -0.306 e. The molecule has 0 spiro atoms. The van der Waals surface area contributed by atoms with Crippen molar-refractivity contribution in [3.63, 3.8) is 0 Å². The van der Waals surface area contributed by atoms with E-state index in [1.165, 1.54) is 17.8 Å². The number of carbonyl (C=O) groups excluding carboxylic acids is 1. The SMILES string of the molecule is Br.O=C(Nc1nccs1)C1CCCCN1. The van der Waals surface area contributed by atoms with Crippen LogP contribution in [0, 0.1) is 0 Å².